The van der Waals surface area contributed by atoms with Crippen LogP contribution >= 0.6 is 11.3 Å². The summed E-state index contributed by atoms with van der Waals surface area (Å²) in [7, 11) is 0. The average molecular weight is 263 g/mol. The zero-order chi connectivity index (χ0) is 12.4. The summed E-state index contributed by atoms with van der Waals surface area (Å²) < 4.78 is 11.0. The van der Waals surface area contributed by atoms with Gasteiger partial charge in [0.15, 0.2) is 11.5 Å². The highest BCUT2D eigenvalue weighted by Gasteiger charge is 2.14. The second-order valence-electron chi connectivity index (χ2n) is 3.80. The van der Waals surface area contributed by atoms with E-state index < -0.39 is 0 Å². The molecule has 0 atom stereocenters. The lowest BCUT2D eigenvalue weighted by Gasteiger charge is -2.18. The summed E-state index contributed by atoms with van der Waals surface area (Å²) in [6.07, 6.45) is 0. The van der Waals surface area contributed by atoms with Gasteiger partial charge >= 0.3 is 0 Å². The molecule has 0 fully saturated rings. The molecule has 1 aliphatic heterocycles. The third-order valence-corrected chi connectivity index (χ3v) is 3.47. The summed E-state index contributed by atoms with van der Waals surface area (Å²) in [5, 5.41) is 13.1. The summed E-state index contributed by atoms with van der Waals surface area (Å²) in [6, 6.07) is 5.84. The molecule has 1 aromatic carbocycles. The molecule has 18 heavy (non-hydrogen) atoms. The van der Waals surface area contributed by atoms with E-state index in [2.05, 4.69) is 15.5 Å². The van der Waals surface area contributed by atoms with Crippen LogP contribution in [0.25, 0.3) is 10.6 Å². The highest BCUT2D eigenvalue weighted by Crippen LogP contribution is 2.35. The van der Waals surface area contributed by atoms with Gasteiger partial charge in [0.1, 0.15) is 18.2 Å². The van der Waals surface area contributed by atoms with E-state index in [1.807, 2.05) is 25.1 Å². The summed E-state index contributed by atoms with van der Waals surface area (Å²) in [4.78, 5) is 0. The minimum absolute atomic E-state index is 0.592. The molecule has 0 unspecified atom stereocenters. The van der Waals surface area contributed by atoms with Crippen LogP contribution in [0.4, 0.5) is 5.13 Å². The number of hydrogen-bond donors (Lipinski definition) is 1. The van der Waals surface area contributed by atoms with Gasteiger partial charge in [-0.15, -0.1) is 10.2 Å². The monoisotopic (exact) mass is 263 g/mol. The Morgan fingerprint density at radius 2 is 2.06 bits per heavy atom. The van der Waals surface area contributed by atoms with Gasteiger partial charge in [-0.3, -0.25) is 0 Å². The van der Waals surface area contributed by atoms with E-state index in [1.54, 1.807) is 0 Å². The van der Waals surface area contributed by atoms with Crippen LogP contribution in [0.1, 0.15) is 6.92 Å². The molecule has 1 aliphatic rings. The molecule has 1 aromatic heterocycles. The lowest BCUT2D eigenvalue weighted by Crippen LogP contribution is -2.15. The fourth-order valence-corrected chi connectivity index (χ4v) is 2.55. The number of rotatable bonds is 3. The highest BCUT2D eigenvalue weighted by atomic mass is 32.1. The maximum absolute atomic E-state index is 5.56. The molecule has 0 saturated heterocycles. The Kier molecular flexibility index (Phi) is 3.02. The minimum Gasteiger partial charge on any atom is -0.486 e. The van der Waals surface area contributed by atoms with E-state index in [4.69, 9.17) is 9.47 Å². The first-order valence-electron chi connectivity index (χ1n) is 5.84. The minimum atomic E-state index is 0.592. The fourth-order valence-electron chi connectivity index (χ4n) is 1.74. The molecule has 0 radical (unpaired) electrons. The molecule has 2 aromatic rings. The first-order valence-corrected chi connectivity index (χ1v) is 6.66. The Hall–Kier alpha value is -1.82. The van der Waals surface area contributed by atoms with Crippen molar-refractivity contribution in [1.29, 1.82) is 0 Å². The number of ether oxygens (including phenoxy) is 2. The van der Waals surface area contributed by atoms with E-state index in [0.29, 0.717) is 13.2 Å². The smallest absolute Gasteiger partial charge is 0.205 e. The summed E-state index contributed by atoms with van der Waals surface area (Å²) in [5.41, 5.74) is 1.00. The van der Waals surface area contributed by atoms with Crippen molar-refractivity contribution in [3.63, 3.8) is 0 Å². The van der Waals surface area contributed by atoms with Crippen molar-refractivity contribution >= 4 is 16.5 Å². The lowest BCUT2D eigenvalue weighted by molar-refractivity contribution is 0.171. The summed E-state index contributed by atoms with van der Waals surface area (Å²) in [5.74, 6) is 1.57. The Balaban J connectivity index is 1.91. The second-order valence-corrected chi connectivity index (χ2v) is 4.78. The highest BCUT2D eigenvalue weighted by molar-refractivity contribution is 7.18. The lowest BCUT2D eigenvalue weighted by atomic mass is 10.2. The number of nitrogens with one attached hydrogen (secondary N) is 1. The number of fused-ring (bicyclic) bond motifs is 1. The van der Waals surface area contributed by atoms with Crippen molar-refractivity contribution in [3.8, 4) is 22.1 Å². The number of hydrogen-bond acceptors (Lipinski definition) is 6. The SMILES string of the molecule is CCNc1nnc(-c2ccc3c(c2)OCCO3)s1. The first-order chi connectivity index (χ1) is 8.86. The zero-order valence-electron chi connectivity index (χ0n) is 9.97. The molecule has 0 spiro atoms. The number of nitrogens with zero attached hydrogens (tertiary/aromatic N) is 2. The Labute approximate surface area is 109 Å². The normalized spacial score (nSPS) is 13.4. The topological polar surface area (TPSA) is 56.3 Å². The van der Waals surface area contributed by atoms with Crippen LogP contribution in [0.5, 0.6) is 11.5 Å². The summed E-state index contributed by atoms with van der Waals surface area (Å²) in [6.45, 7) is 4.08. The zero-order valence-corrected chi connectivity index (χ0v) is 10.8. The molecule has 1 N–H and O–H groups in total. The third-order valence-electron chi connectivity index (χ3n) is 2.54. The van der Waals surface area contributed by atoms with E-state index in [1.165, 1.54) is 11.3 Å². The van der Waals surface area contributed by atoms with Gasteiger partial charge in [-0.05, 0) is 25.1 Å². The molecule has 6 heteroatoms. The molecule has 0 bridgehead atoms. The van der Waals surface area contributed by atoms with Gasteiger partial charge in [0, 0.05) is 12.1 Å². The van der Waals surface area contributed by atoms with Crippen molar-refractivity contribution in [3.05, 3.63) is 18.2 Å². The van der Waals surface area contributed by atoms with Crippen LogP contribution in [0.2, 0.25) is 0 Å². The van der Waals surface area contributed by atoms with Crippen molar-refractivity contribution < 1.29 is 9.47 Å². The van der Waals surface area contributed by atoms with E-state index in [-0.39, 0.29) is 0 Å². The van der Waals surface area contributed by atoms with Gasteiger partial charge in [-0.1, -0.05) is 11.3 Å². The molecule has 2 heterocycles. The molecule has 0 amide bonds. The van der Waals surface area contributed by atoms with Crippen molar-refractivity contribution in [2.75, 3.05) is 25.1 Å². The largest absolute Gasteiger partial charge is 0.486 e. The van der Waals surface area contributed by atoms with Crippen LogP contribution in [-0.4, -0.2) is 30.0 Å². The van der Waals surface area contributed by atoms with E-state index in [9.17, 15) is 0 Å². The van der Waals surface area contributed by atoms with Crippen LogP contribution in [0.15, 0.2) is 18.2 Å². The second kappa shape index (κ2) is 4.81. The fraction of sp³-hybridized carbons (Fsp3) is 0.333. The van der Waals surface area contributed by atoms with Gasteiger partial charge in [0.25, 0.3) is 0 Å². The molecular weight excluding hydrogens is 250 g/mol. The molecule has 0 aliphatic carbocycles. The molecular formula is C12H13N3O2S. The Morgan fingerprint density at radius 1 is 1.22 bits per heavy atom. The van der Waals surface area contributed by atoms with Gasteiger partial charge in [0.2, 0.25) is 5.13 Å². The number of aromatic nitrogens is 2. The van der Waals surface area contributed by atoms with Crippen LogP contribution < -0.4 is 14.8 Å². The van der Waals surface area contributed by atoms with E-state index in [0.717, 1.165) is 33.7 Å². The van der Waals surface area contributed by atoms with Crippen LogP contribution in [-0.2, 0) is 0 Å². The maximum atomic E-state index is 5.56. The standard InChI is InChI=1S/C12H13N3O2S/c1-2-13-12-15-14-11(18-12)8-3-4-9-10(7-8)17-6-5-16-9/h3-4,7H,2,5-6H2,1H3,(H,13,15). The predicted octanol–water partition coefficient (Wildman–Crippen LogP) is 2.41. The van der Waals surface area contributed by atoms with Crippen molar-refractivity contribution in [2.45, 2.75) is 6.92 Å². The molecule has 3 rings (SSSR count). The molecule has 0 saturated carbocycles. The number of benzene rings is 1. The van der Waals surface area contributed by atoms with Gasteiger partial charge in [-0.2, -0.15) is 0 Å². The van der Waals surface area contributed by atoms with Gasteiger partial charge < -0.3 is 14.8 Å². The Bertz CT molecular complexity index is 556. The van der Waals surface area contributed by atoms with Gasteiger partial charge in [-0.25, -0.2) is 0 Å². The van der Waals surface area contributed by atoms with Crippen LogP contribution in [0.3, 0.4) is 0 Å². The quantitative estimate of drug-likeness (QED) is 0.921. The Morgan fingerprint density at radius 3 is 2.89 bits per heavy atom. The maximum Gasteiger partial charge on any atom is 0.205 e. The van der Waals surface area contributed by atoms with Crippen molar-refractivity contribution in [1.82, 2.24) is 10.2 Å². The number of anilines is 1. The average Bonchev–Trinajstić information content (AvgIpc) is 2.87. The molecule has 94 valence electrons. The first kappa shape index (κ1) is 11.3. The van der Waals surface area contributed by atoms with Gasteiger partial charge in [0.05, 0.1) is 0 Å². The summed E-state index contributed by atoms with van der Waals surface area (Å²) >= 11 is 1.53. The van der Waals surface area contributed by atoms with Crippen molar-refractivity contribution in [2.24, 2.45) is 0 Å². The molecule has 5 nitrogen and oxygen atoms in total. The van der Waals surface area contributed by atoms with Crippen LogP contribution in [0, 0.1) is 0 Å². The third kappa shape index (κ3) is 2.11. The predicted molar refractivity (Wildman–Crippen MR) is 70.5 cm³/mol. The van der Waals surface area contributed by atoms with E-state index >= 15 is 0 Å².